The van der Waals surface area contributed by atoms with E-state index in [1.54, 1.807) is 24.3 Å². The van der Waals surface area contributed by atoms with Crippen LogP contribution in [0.5, 0.6) is 23.0 Å². The first-order valence-electron chi connectivity index (χ1n) is 8.53. The summed E-state index contributed by atoms with van der Waals surface area (Å²) >= 11 is 0. The molecule has 0 aliphatic heterocycles. The number of fused-ring (bicyclic) bond motifs is 1. The van der Waals surface area contributed by atoms with E-state index in [2.05, 4.69) is 0 Å². The number of methoxy groups -OCH3 is 2. The van der Waals surface area contributed by atoms with Crippen molar-refractivity contribution in [2.24, 2.45) is 0 Å². The van der Waals surface area contributed by atoms with E-state index >= 15 is 0 Å². The van der Waals surface area contributed by atoms with Crippen LogP contribution < -0.4 is 24.4 Å². The van der Waals surface area contributed by atoms with Gasteiger partial charge < -0.3 is 23.4 Å². The Morgan fingerprint density at radius 1 is 0.897 bits per heavy atom. The first-order valence-corrected chi connectivity index (χ1v) is 8.53. The van der Waals surface area contributed by atoms with Crippen molar-refractivity contribution in [3.05, 3.63) is 46.8 Å². The lowest BCUT2D eigenvalue weighted by Crippen LogP contribution is -2.10. The minimum absolute atomic E-state index is 0.00958. The number of benzene rings is 2. The van der Waals surface area contributed by atoms with E-state index in [0.29, 0.717) is 11.3 Å². The molecule has 0 radical (unpaired) electrons. The van der Waals surface area contributed by atoms with Crippen molar-refractivity contribution in [2.75, 3.05) is 14.2 Å². The fraction of sp³-hybridized carbons (Fsp3) is 0.190. The Labute approximate surface area is 165 Å². The molecule has 0 fully saturated rings. The highest BCUT2D eigenvalue weighted by atomic mass is 16.6. The molecule has 3 rings (SSSR count). The van der Waals surface area contributed by atoms with Gasteiger partial charge in [-0.25, -0.2) is 0 Å². The fourth-order valence-corrected chi connectivity index (χ4v) is 2.87. The van der Waals surface area contributed by atoms with Crippen LogP contribution in [0.4, 0.5) is 0 Å². The minimum Gasteiger partial charge on any atom is -0.493 e. The highest BCUT2D eigenvalue weighted by Crippen LogP contribution is 2.43. The highest BCUT2D eigenvalue weighted by Gasteiger charge is 2.23. The molecule has 1 aromatic heterocycles. The number of carbonyl (C=O) groups excluding carboxylic acids is 2. The first kappa shape index (κ1) is 19.9. The van der Waals surface area contributed by atoms with Gasteiger partial charge in [0.1, 0.15) is 23.0 Å². The van der Waals surface area contributed by atoms with Crippen molar-refractivity contribution in [1.82, 2.24) is 0 Å². The average molecular weight is 398 g/mol. The minimum atomic E-state index is -0.595. The third-order valence-corrected chi connectivity index (χ3v) is 4.04. The molecule has 8 heteroatoms. The number of ether oxygens (including phenoxy) is 4. The number of esters is 2. The zero-order valence-corrected chi connectivity index (χ0v) is 16.2. The van der Waals surface area contributed by atoms with Crippen LogP contribution in [0.3, 0.4) is 0 Å². The first-order chi connectivity index (χ1) is 13.8. The Morgan fingerprint density at radius 2 is 1.55 bits per heavy atom. The maximum Gasteiger partial charge on any atom is 0.308 e. The van der Waals surface area contributed by atoms with E-state index in [0.717, 1.165) is 0 Å². The van der Waals surface area contributed by atoms with Crippen LogP contribution in [0, 0.1) is 0 Å². The van der Waals surface area contributed by atoms with Crippen LogP contribution in [-0.2, 0) is 9.59 Å². The van der Waals surface area contributed by atoms with Gasteiger partial charge in [-0.15, -0.1) is 0 Å². The standard InChI is InChI=1S/C21H18O8/c1-11(22)28-14-7-5-13(6-8-14)15-10-27-16-9-17(25-3)20(29-12(2)23)21(26-4)18(16)19(15)24/h5-10H,1-4H3. The van der Waals surface area contributed by atoms with Gasteiger partial charge in [0.25, 0.3) is 0 Å². The topological polar surface area (TPSA) is 101 Å². The van der Waals surface area contributed by atoms with E-state index < -0.39 is 11.9 Å². The Kier molecular flexibility index (Phi) is 5.54. The lowest BCUT2D eigenvalue weighted by Gasteiger charge is -2.14. The molecule has 0 saturated heterocycles. The molecular weight excluding hydrogens is 380 g/mol. The highest BCUT2D eigenvalue weighted by molar-refractivity contribution is 5.92. The van der Waals surface area contributed by atoms with Gasteiger partial charge in [-0.3, -0.25) is 14.4 Å². The maximum atomic E-state index is 13.2. The van der Waals surface area contributed by atoms with Gasteiger partial charge in [0.15, 0.2) is 11.5 Å². The summed E-state index contributed by atoms with van der Waals surface area (Å²) in [5.41, 5.74) is 0.617. The van der Waals surface area contributed by atoms with Gasteiger partial charge in [0.05, 0.1) is 19.8 Å². The Bertz CT molecular complexity index is 1140. The summed E-state index contributed by atoms with van der Waals surface area (Å²) in [5.74, 6) is -0.481. The van der Waals surface area contributed by atoms with Crippen molar-refractivity contribution in [3.63, 3.8) is 0 Å². The second-order valence-electron chi connectivity index (χ2n) is 6.00. The molecule has 0 atom stereocenters. The van der Waals surface area contributed by atoms with Gasteiger partial charge >= 0.3 is 11.9 Å². The Morgan fingerprint density at radius 3 is 2.10 bits per heavy atom. The summed E-state index contributed by atoms with van der Waals surface area (Å²) in [6.07, 6.45) is 1.32. The lowest BCUT2D eigenvalue weighted by atomic mass is 10.0. The van der Waals surface area contributed by atoms with Gasteiger partial charge in [-0.1, -0.05) is 12.1 Å². The van der Waals surface area contributed by atoms with Crippen LogP contribution in [-0.4, -0.2) is 26.2 Å². The zero-order chi connectivity index (χ0) is 21.1. The molecule has 0 N–H and O–H groups in total. The predicted molar refractivity (Wildman–Crippen MR) is 104 cm³/mol. The molecule has 0 aliphatic rings. The van der Waals surface area contributed by atoms with Crippen LogP contribution in [0.15, 0.2) is 45.8 Å². The molecule has 29 heavy (non-hydrogen) atoms. The van der Waals surface area contributed by atoms with E-state index in [1.165, 1.54) is 40.4 Å². The fourth-order valence-electron chi connectivity index (χ4n) is 2.87. The van der Waals surface area contributed by atoms with Crippen molar-refractivity contribution in [3.8, 4) is 34.1 Å². The quantitative estimate of drug-likeness (QED) is 0.476. The van der Waals surface area contributed by atoms with E-state index in [4.69, 9.17) is 23.4 Å². The monoisotopic (exact) mass is 398 g/mol. The van der Waals surface area contributed by atoms with Crippen LogP contribution in [0.2, 0.25) is 0 Å². The summed E-state index contributed by atoms with van der Waals surface area (Å²) < 4.78 is 26.4. The predicted octanol–water partition coefficient (Wildman–Crippen LogP) is 3.33. The molecule has 0 bridgehead atoms. The van der Waals surface area contributed by atoms with Crippen molar-refractivity contribution >= 4 is 22.9 Å². The largest absolute Gasteiger partial charge is 0.493 e. The molecule has 0 aliphatic carbocycles. The molecule has 0 saturated carbocycles. The molecule has 0 unspecified atom stereocenters. The molecular formula is C21H18O8. The molecule has 2 aromatic carbocycles. The second-order valence-corrected chi connectivity index (χ2v) is 6.00. The third kappa shape index (κ3) is 3.91. The van der Waals surface area contributed by atoms with E-state index in [1.807, 2.05) is 0 Å². The van der Waals surface area contributed by atoms with Gasteiger partial charge in [-0.2, -0.15) is 0 Å². The van der Waals surface area contributed by atoms with Crippen LogP contribution >= 0.6 is 0 Å². The van der Waals surface area contributed by atoms with Crippen LogP contribution in [0.1, 0.15) is 13.8 Å². The SMILES string of the molecule is COc1cc2occ(-c3ccc(OC(C)=O)cc3)c(=O)c2c(OC)c1OC(C)=O. The second kappa shape index (κ2) is 8.05. The number of rotatable bonds is 5. The molecule has 8 nitrogen and oxygen atoms in total. The molecule has 1 heterocycles. The Hall–Kier alpha value is -3.81. The average Bonchev–Trinajstić information content (AvgIpc) is 2.68. The van der Waals surface area contributed by atoms with E-state index in [9.17, 15) is 14.4 Å². The summed E-state index contributed by atoms with van der Waals surface area (Å²) in [5, 5.41) is 0.103. The summed E-state index contributed by atoms with van der Waals surface area (Å²) in [7, 11) is 2.74. The van der Waals surface area contributed by atoms with Crippen molar-refractivity contribution in [2.45, 2.75) is 13.8 Å². The number of hydrogen-bond donors (Lipinski definition) is 0. The lowest BCUT2D eigenvalue weighted by molar-refractivity contribution is -0.132. The molecule has 150 valence electrons. The summed E-state index contributed by atoms with van der Waals surface area (Å²) in [4.78, 5) is 35.8. The van der Waals surface area contributed by atoms with Crippen molar-refractivity contribution in [1.29, 1.82) is 0 Å². The van der Waals surface area contributed by atoms with Crippen LogP contribution in [0.25, 0.3) is 22.1 Å². The number of carbonyl (C=O) groups is 2. The maximum absolute atomic E-state index is 13.2. The zero-order valence-electron chi connectivity index (χ0n) is 16.2. The van der Waals surface area contributed by atoms with E-state index in [-0.39, 0.29) is 39.2 Å². The molecule has 0 spiro atoms. The third-order valence-electron chi connectivity index (χ3n) is 4.04. The molecule has 0 amide bonds. The summed E-state index contributed by atoms with van der Waals surface area (Å²) in [6, 6.07) is 7.83. The molecule has 3 aromatic rings. The normalized spacial score (nSPS) is 10.5. The van der Waals surface area contributed by atoms with Gasteiger partial charge in [-0.05, 0) is 17.7 Å². The Balaban J connectivity index is 2.21. The smallest absolute Gasteiger partial charge is 0.308 e. The summed E-state index contributed by atoms with van der Waals surface area (Å²) in [6.45, 7) is 2.53. The number of hydrogen-bond acceptors (Lipinski definition) is 8. The van der Waals surface area contributed by atoms with Gasteiger partial charge in [0, 0.05) is 19.9 Å². The van der Waals surface area contributed by atoms with Crippen molar-refractivity contribution < 1.29 is 33.0 Å². The van der Waals surface area contributed by atoms with Gasteiger partial charge in [0.2, 0.25) is 11.2 Å².